The van der Waals surface area contributed by atoms with Crippen molar-refractivity contribution < 1.29 is 14.3 Å². The first kappa shape index (κ1) is 20.1. The van der Waals surface area contributed by atoms with Crippen LogP contribution >= 0.6 is 0 Å². The second-order valence-electron chi connectivity index (χ2n) is 8.07. The number of benzene rings is 2. The van der Waals surface area contributed by atoms with Crippen LogP contribution in [0.4, 0.5) is 10.5 Å². The number of anilines is 1. The van der Waals surface area contributed by atoms with E-state index in [1.165, 1.54) is 4.90 Å². The van der Waals surface area contributed by atoms with Crippen LogP contribution in [-0.2, 0) is 22.6 Å². The number of hydrogen-bond donors (Lipinski definition) is 1. The molecule has 0 spiro atoms. The lowest BCUT2D eigenvalue weighted by atomic mass is 10.1. The number of cyclic esters (lactones) is 1. The molecule has 32 heavy (non-hydrogen) atoms. The molecule has 0 bridgehead atoms. The summed E-state index contributed by atoms with van der Waals surface area (Å²) in [5, 5.41) is 0. The zero-order valence-electron chi connectivity index (χ0n) is 17.7. The number of imidazole rings is 1. The molecule has 8 nitrogen and oxygen atoms in total. The van der Waals surface area contributed by atoms with E-state index in [1.807, 2.05) is 53.6 Å². The molecular weight excluding hydrogens is 406 g/mol. The van der Waals surface area contributed by atoms with E-state index in [1.54, 1.807) is 6.33 Å². The maximum absolute atomic E-state index is 13.3. The number of nitrogens with one attached hydrogen (secondary N) is 1. The van der Waals surface area contributed by atoms with Gasteiger partial charge in [0, 0.05) is 31.5 Å². The number of aromatic nitrogens is 2. The number of carbonyl (C=O) groups is 2. The summed E-state index contributed by atoms with van der Waals surface area (Å²) in [6, 6.07) is 17.6. The van der Waals surface area contributed by atoms with E-state index in [2.05, 4.69) is 27.0 Å². The number of H-pyrrole nitrogens is 1. The zero-order valence-corrected chi connectivity index (χ0v) is 17.7. The fourth-order valence-electron chi connectivity index (χ4n) is 4.38. The molecule has 8 heteroatoms. The summed E-state index contributed by atoms with van der Waals surface area (Å²) in [7, 11) is 0. The van der Waals surface area contributed by atoms with E-state index >= 15 is 0 Å². The van der Waals surface area contributed by atoms with Crippen molar-refractivity contribution in [1.82, 2.24) is 19.8 Å². The zero-order chi connectivity index (χ0) is 21.9. The summed E-state index contributed by atoms with van der Waals surface area (Å²) in [6.07, 6.45) is 3.05. The standard InChI is InChI=1S/C24H25N5O3/c30-23(15-29-22(16-32-24(29)31)18-6-2-1-3-7-18)28-11-10-27(14-20-12-25-17-26-20)21-9-5-4-8-19(21)13-28/h1-9,12,17,22H,10-11,13-16H2,(H,25,26). The highest BCUT2D eigenvalue weighted by molar-refractivity contribution is 5.83. The van der Waals surface area contributed by atoms with Gasteiger partial charge in [0.05, 0.1) is 24.6 Å². The lowest BCUT2D eigenvalue weighted by Crippen LogP contribution is -2.43. The molecular formula is C24H25N5O3. The second kappa shape index (κ2) is 8.74. The van der Waals surface area contributed by atoms with Crippen molar-refractivity contribution in [3.8, 4) is 0 Å². The van der Waals surface area contributed by atoms with Gasteiger partial charge in [0.25, 0.3) is 0 Å². The number of fused-ring (bicyclic) bond motifs is 1. The van der Waals surface area contributed by atoms with Crippen molar-refractivity contribution in [2.45, 2.75) is 19.1 Å². The molecule has 0 saturated carbocycles. The fraction of sp³-hybridized carbons (Fsp3) is 0.292. The largest absolute Gasteiger partial charge is 0.447 e. The molecule has 2 aromatic carbocycles. The van der Waals surface area contributed by atoms with Crippen LogP contribution in [0.5, 0.6) is 0 Å². The number of amides is 2. The Balaban J connectivity index is 1.33. The summed E-state index contributed by atoms with van der Waals surface area (Å²) in [5.41, 5.74) is 4.19. The summed E-state index contributed by atoms with van der Waals surface area (Å²) >= 11 is 0. The van der Waals surface area contributed by atoms with E-state index in [4.69, 9.17) is 4.74 Å². The van der Waals surface area contributed by atoms with Crippen LogP contribution in [0.15, 0.2) is 67.1 Å². The van der Waals surface area contributed by atoms with Crippen LogP contribution in [0.3, 0.4) is 0 Å². The van der Waals surface area contributed by atoms with Crippen LogP contribution in [0.1, 0.15) is 22.9 Å². The van der Waals surface area contributed by atoms with E-state index in [-0.39, 0.29) is 25.1 Å². The van der Waals surface area contributed by atoms with Gasteiger partial charge in [0.1, 0.15) is 13.2 Å². The minimum atomic E-state index is -0.441. The highest BCUT2D eigenvalue weighted by Crippen LogP contribution is 2.29. The molecule has 1 unspecified atom stereocenters. The first-order chi connectivity index (χ1) is 15.7. The molecule has 5 rings (SSSR count). The fourth-order valence-corrected chi connectivity index (χ4v) is 4.38. The molecule has 3 heterocycles. The number of carbonyl (C=O) groups excluding carboxylic acids is 2. The minimum absolute atomic E-state index is 0.00110. The van der Waals surface area contributed by atoms with Crippen LogP contribution in [0.25, 0.3) is 0 Å². The summed E-state index contributed by atoms with van der Waals surface area (Å²) in [5.74, 6) is -0.0806. The average molecular weight is 431 g/mol. The topological polar surface area (TPSA) is 81.8 Å². The molecule has 0 aliphatic carbocycles. The molecule has 164 valence electrons. The van der Waals surface area contributed by atoms with E-state index < -0.39 is 6.09 Å². The molecule has 2 aliphatic heterocycles. The third kappa shape index (κ3) is 4.03. The van der Waals surface area contributed by atoms with Gasteiger partial charge in [0.15, 0.2) is 0 Å². The van der Waals surface area contributed by atoms with Crippen LogP contribution in [0, 0.1) is 0 Å². The Morgan fingerprint density at radius 2 is 1.91 bits per heavy atom. The molecule has 0 radical (unpaired) electrons. The average Bonchev–Trinajstić information content (AvgIpc) is 3.41. The molecule has 1 aromatic heterocycles. The lowest BCUT2D eigenvalue weighted by Gasteiger charge is -2.26. The Hall–Kier alpha value is -3.81. The Bertz CT molecular complexity index is 1090. The van der Waals surface area contributed by atoms with Crippen LogP contribution in [0.2, 0.25) is 0 Å². The number of nitrogens with zero attached hydrogens (tertiary/aromatic N) is 4. The Morgan fingerprint density at radius 3 is 2.72 bits per heavy atom. The smallest absolute Gasteiger partial charge is 0.410 e. The molecule has 3 aromatic rings. The highest BCUT2D eigenvalue weighted by Gasteiger charge is 2.36. The maximum atomic E-state index is 13.3. The Kier molecular flexibility index (Phi) is 5.49. The Morgan fingerprint density at radius 1 is 1.09 bits per heavy atom. The number of aromatic amines is 1. The molecule has 2 amide bonds. The normalized spacial score (nSPS) is 18.3. The third-order valence-electron chi connectivity index (χ3n) is 6.07. The predicted octanol–water partition coefficient (Wildman–Crippen LogP) is 2.95. The van der Waals surface area contributed by atoms with Gasteiger partial charge in [-0.05, 0) is 17.2 Å². The van der Waals surface area contributed by atoms with Crippen molar-refractivity contribution in [2.24, 2.45) is 0 Å². The summed E-state index contributed by atoms with van der Waals surface area (Å²) in [4.78, 5) is 38.6. The quantitative estimate of drug-likeness (QED) is 0.672. The van der Waals surface area contributed by atoms with Gasteiger partial charge in [-0.25, -0.2) is 9.78 Å². The van der Waals surface area contributed by atoms with Gasteiger partial charge < -0.3 is 19.5 Å². The molecule has 2 aliphatic rings. The molecule has 1 saturated heterocycles. The summed E-state index contributed by atoms with van der Waals surface area (Å²) in [6.45, 7) is 2.72. The SMILES string of the molecule is O=C(CN1C(=O)OCC1c1ccccc1)N1CCN(Cc2cnc[nH]2)c2ccccc2C1. The predicted molar refractivity (Wildman–Crippen MR) is 119 cm³/mol. The van der Waals surface area contributed by atoms with E-state index in [0.29, 0.717) is 26.2 Å². The third-order valence-corrected chi connectivity index (χ3v) is 6.07. The number of rotatable bonds is 5. The van der Waals surface area contributed by atoms with Gasteiger partial charge in [-0.2, -0.15) is 0 Å². The van der Waals surface area contributed by atoms with Gasteiger partial charge in [0.2, 0.25) is 5.91 Å². The van der Waals surface area contributed by atoms with E-state index in [0.717, 1.165) is 22.5 Å². The maximum Gasteiger partial charge on any atom is 0.410 e. The van der Waals surface area contributed by atoms with Gasteiger partial charge in [-0.1, -0.05) is 48.5 Å². The minimum Gasteiger partial charge on any atom is -0.447 e. The van der Waals surface area contributed by atoms with Crippen molar-refractivity contribution in [2.75, 3.05) is 31.1 Å². The van der Waals surface area contributed by atoms with Crippen molar-refractivity contribution in [3.05, 3.63) is 83.9 Å². The first-order valence-electron chi connectivity index (χ1n) is 10.8. The number of para-hydroxylation sites is 1. The summed E-state index contributed by atoms with van der Waals surface area (Å²) < 4.78 is 5.28. The second-order valence-corrected chi connectivity index (χ2v) is 8.07. The highest BCUT2D eigenvalue weighted by atomic mass is 16.6. The first-order valence-corrected chi connectivity index (χ1v) is 10.8. The van der Waals surface area contributed by atoms with Gasteiger partial charge >= 0.3 is 6.09 Å². The number of ether oxygens (including phenoxy) is 1. The van der Waals surface area contributed by atoms with Crippen LogP contribution in [-0.4, -0.2) is 58.0 Å². The van der Waals surface area contributed by atoms with Crippen molar-refractivity contribution in [3.63, 3.8) is 0 Å². The van der Waals surface area contributed by atoms with Crippen molar-refractivity contribution in [1.29, 1.82) is 0 Å². The lowest BCUT2D eigenvalue weighted by molar-refractivity contribution is -0.132. The van der Waals surface area contributed by atoms with Crippen LogP contribution < -0.4 is 4.90 Å². The monoisotopic (exact) mass is 431 g/mol. The molecule has 1 fully saturated rings. The molecule has 1 N–H and O–H groups in total. The molecule has 1 atom stereocenters. The Labute approximate surface area is 186 Å². The van der Waals surface area contributed by atoms with E-state index in [9.17, 15) is 9.59 Å². The van der Waals surface area contributed by atoms with Gasteiger partial charge in [-0.3, -0.25) is 9.69 Å². The van der Waals surface area contributed by atoms with Crippen molar-refractivity contribution >= 4 is 17.7 Å². The van der Waals surface area contributed by atoms with Gasteiger partial charge in [-0.15, -0.1) is 0 Å². The number of hydrogen-bond acceptors (Lipinski definition) is 5.